The van der Waals surface area contributed by atoms with Crippen molar-refractivity contribution in [2.75, 3.05) is 0 Å². The molecule has 0 atom stereocenters. The van der Waals surface area contributed by atoms with E-state index in [-0.39, 0.29) is 11.5 Å². The number of rotatable bonds is 1. The Morgan fingerprint density at radius 3 is 2.47 bits per heavy atom. The monoisotopic (exact) mass is 223 g/mol. The standard InChI is InChI=1S/C10H9NO3S/c1-5-11-7(4-15-5)6-2-3-8(12)10(14)9(6)13/h2-4,12-14H,1H3. The van der Waals surface area contributed by atoms with Crippen LogP contribution in [0.15, 0.2) is 17.5 Å². The number of aromatic hydroxyl groups is 3. The summed E-state index contributed by atoms with van der Waals surface area (Å²) in [6, 6.07) is 2.83. The van der Waals surface area contributed by atoms with E-state index in [2.05, 4.69) is 4.98 Å². The summed E-state index contributed by atoms with van der Waals surface area (Å²) in [6.45, 7) is 1.85. The molecule has 0 saturated heterocycles. The van der Waals surface area contributed by atoms with Crippen LogP contribution >= 0.6 is 11.3 Å². The highest BCUT2D eigenvalue weighted by atomic mass is 32.1. The van der Waals surface area contributed by atoms with Crippen LogP contribution in [0.4, 0.5) is 0 Å². The van der Waals surface area contributed by atoms with Gasteiger partial charge in [-0.3, -0.25) is 0 Å². The zero-order chi connectivity index (χ0) is 11.0. The fourth-order valence-corrected chi connectivity index (χ4v) is 1.88. The van der Waals surface area contributed by atoms with Gasteiger partial charge >= 0.3 is 0 Å². The van der Waals surface area contributed by atoms with Crippen molar-refractivity contribution < 1.29 is 15.3 Å². The topological polar surface area (TPSA) is 73.6 Å². The third kappa shape index (κ3) is 1.61. The second kappa shape index (κ2) is 3.43. The number of hydrogen-bond donors (Lipinski definition) is 3. The summed E-state index contributed by atoms with van der Waals surface area (Å²) in [7, 11) is 0. The molecule has 0 aliphatic heterocycles. The van der Waals surface area contributed by atoms with E-state index in [9.17, 15) is 10.2 Å². The SMILES string of the molecule is Cc1nc(-c2ccc(O)c(O)c2O)cs1. The zero-order valence-corrected chi connectivity index (χ0v) is 8.75. The van der Waals surface area contributed by atoms with Gasteiger partial charge < -0.3 is 15.3 Å². The molecule has 1 aromatic heterocycles. The lowest BCUT2D eigenvalue weighted by Crippen LogP contribution is -1.81. The first kappa shape index (κ1) is 9.79. The second-order valence-electron chi connectivity index (χ2n) is 3.08. The molecular formula is C10H9NO3S. The van der Waals surface area contributed by atoms with Crippen molar-refractivity contribution in [1.29, 1.82) is 0 Å². The maximum atomic E-state index is 9.60. The van der Waals surface area contributed by atoms with Crippen molar-refractivity contribution in [3.63, 3.8) is 0 Å². The first-order valence-electron chi connectivity index (χ1n) is 4.26. The van der Waals surface area contributed by atoms with Crippen LogP contribution in [-0.4, -0.2) is 20.3 Å². The Kier molecular flexibility index (Phi) is 2.24. The molecule has 0 aliphatic rings. The van der Waals surface area contributed by atoms with Gasteiger partial charge in [-0.2, -0.15) is 0 Å². The van der Waals surface area contributed by atoms with Crippen molar-refractivity contribution in [2.24, 2.45) is 0 Å². The average molecular weight is 223 g/mol. The van der Waals surface area contributed by atoms with Crippen LogP contribution in [0.5, 0.6) is 17.2 Å². The molecule has 0 spiro atoms. The van der Waals surface area contributed by atoms with Gasteiger partial charge in [0.15, 0.2) is 11.5 Å². The molecule has 78 valence electrons. The zero-order valence-electron chi connectivity index (χ0n) is 7.93. The van der Waals surface area contributed by atoms with E-state index in [1.54, 1.807) is 5.38 Å². The van der Waals surface area contributed by atoms with Gasteiger partial charge in [0.1, 0.15) is 0 Å². The van der Waals surface area contributed by atoms with Gasteiger partial charge in [0, 0.05) is 10.9 Å². The van der Waals surface area contributed by atoms with Crippen LogP contribution < -0.4 is 0 Å². The normalized spacial score (nSPS) is 10.5. The maximum Gasteiger partial charge on any atom is 0.200 e. The Balaban J connectivity index is 2.59. The highest BCUT2D eigenvalue weighted by Gasteiger charge is 2.14. The van der Waals surface area contributed by atoms with Crippen LogP contribution in [-0.2, 0) is 0 Å². The largest absolute Gasteiger partial charge is 0.504 e. The van der Waals surface area contributed by atoms with E-state index in [0.717, 1.165) is 5.01 Å². The van der Waals surface area contributed by atoms with Gasteiger partial charge in [0.2, 0.25) is 5.75 Å². The molecule has 0 bridgehead atoms. The molecule has 3 N–H and O–H groups in total. The van der Waals surface area contributed by atoms with Gasteiger partial charge in [-0.1, -0.05) is 0 Å². The Morgan fingerprint density at radius 1 is 1.13 bits per heavy atom. The van der Waals surface area contributed by atoms with Crippen LogP contribution in [0.1, 0.15) is 5.01 Å². The summed E-state index contributed by atoms with van der Waals surface area (Å²) in [6.07, 6.45) is 0. The minimum absolute atomic E-state index is 0.344. The van der Waals surface area contributed by atoms with E-state index in [1.807, 2.05) is 6.92 Å². The summed E-state index contributed by atoms with van der Waals surface area (Å²) >= 11 is 1.45. The molecule has 4 nitrogen and oxygen atoms in total. The molecule has 0 radical (unpaired) electrons. The molecule has 0 amide bonds. The Bertz CT molecular complexity index is 507. The molecular weight excluding hydrogens is 214 g/mol. The van der Waals surface area contributed by atoms with Crippen LogP contribution in [0.25, 0.3) is 11.3 Å². The number of nitrogens with zero attached hydrogens (tertiary/aromatic N) is 1. The van der Waals surface area contributed by atoms with Crippen molar-refractivity contribution >= 4 is 11.3 Å². The van der Waals surface area contributed by atoms with E-state index in [4.69, 9.17) is 5.11 Å². The predicted octanol–water partition coefficient (Wildman–Crippen LogP) is 2.24. The minimum Gasteiger partial charge on any atom is -0.504 e. The number of aryl methyl sites for hydroxylation is 1. The Hall–Kier alpha value is -1.75. The number of phenolic OH excluding ortho intramolecular Hbond substituents is 3. The van der Waals surface area contributed by atoms with Gasteiger partial charge in [0.25, 0.3) is 0 Å². The highest BCUT2D eigenvalue weighted by Crippen LogP contribution is 2.41. The molecule has 15 heavy (non-hydrogen) atoms. The second-order valence-corrected chi connectivity index (χ2v) is 4.14. The average Bonchev–Trinajstić information content (AvgIpc) is 2.61. The summed E-state index contributed by atoms with van der Waals surface area (Å²) in [5.74, 6) is -1.21. The van der Waals surface area contributed by atoms with Crippen LogP contribution in [0.2, 0.25) is 0 Å². The molecule has 2 aromatic rings. The first-order chi connectivity index (χ1) is 7.09. The number of thiazole rings is 1. The van der Waals surface area contributed by atoms with Crippen molar-refractivity contribution in [3.8, 4) is 28.5 Å². The highest BCUT2D eigenvalue weighted by molar-refractivity contribution is 7.09. The lowest BCUT2D eigenvalue weighted by Gasteiger charge is -2.04. The lowest BCUT2D eigenvalue weighted by atomic mass is 10.1. The predicted molar refractivity (Wildman–Crippen MR) is 57.3 cm³/mol. The quantitative estimate of drug-likeness (QED) is 0.648. The summed E-state index contributed by atoms with van der Waals surface area (Å²) in [4.78, 5) is 4.18. The lowest BCUT2D eigenvalue weighted by molar-refractivity contribution is 0.369. The molecule has 5 heteroatoms. The van der Waals surface area contributed by atoms with Crippen LogP contribution in [0.3, 0.4) is 0 Å². The smallest absolute Gasteiger partial charge is 0.200 e. The number of aromatic nitrogens is 1. The molecule has 1 aromatic carbocycles. The maximum absolute atomic E-state index is 9.60. The van der Waals surface area contributed by atoms with Gasteiger partial charge in [-0.25, -0.2) is 4.98 Å². The fraction of sp³-hybridized carbons (Fsp3) is 0.100. The summed E-state index contributed by atoms with van der Waals surface area (Å²) in [5.41, 5.74) is 1.000. The molecule has 0 fully saturated rings. The van der Waals surface area contributed by atoms with E-state index < -0.39 is 5.75 Å². The summed E-state index contributed by atoms with van der Waals surface area (Å²) < 4.78 is 0. The van der Waals surface area contributed by atoms with Gasteiger partial charge in [-0.15, -0.1) is 11.3 Å². The van der Waals surface area contributed by atoms with E-state index >= 15 is 0 Å². The molecule has 0 saturated carbocycles. The number of hydrogen-bond acceptors (Lipinski definition) is 5. The van der Waals surface area contributed by atoms with Crippen molar-refractivity contribution in [3.05, 3.63) is 22.5 Å². The van der Waals surface area contributed by atoms with E-state index in [1.165, 1.54) is 23.5 Å². The van der Waals surface area contributed by atoms with Crippen LogP contribution in [0, 0.1) is 6.92 Å². The van der Waals surface area contributed by atoms with Gasteiger partial charge in [0.05, 0.1) is 10.7 Å². The molecule has 2 rings (SSSR count). The Labute approximate surface area is 90.1 Å². The summed E-state index contributed by atoms with van der Waals surface area (Å²) in [5, 5.41) is 30.7. The number of benzene rings is 1. The molecule has 0 unspecified atom stereocenters. The minimum atomic E-state index is -0.516. The third-order valence-electron chi connectivity index (χ3n) is 2.02. The third-order valence-corrected chi connectivity index (χ3v) is 2.80. The molecule has 0 aliphatic carbocycles. The number of phenols is 3. The van der Waals surface area contributed by atoms with Crippen molar-refractivity contribution in [1.82, 2.24) is 4.98 Å². The van der Waals surface area contributed by atoms with Crippen molar-refractivity contribution in [2.45, 2.75) is 6.92 Å². The first-order valence-corrected chi connectivity index (χ1v) is 5.14. The van der Waals surface area contributed by atoms with E-state index in [0.29, 0.717) is 11.3 Å². The Morgan fingerprint density at radius 2 is 1.87 bits per heavy atom. The van der Waals surface area contributed by atoms with Gasteiger partial charge in [-0.05, 0) is 19.1 Å². The molecule has 1 heterocycles. The fourth-order valence-electron chi connectivity index (χ4n) is 1.26.